The predicted octanol–water partition coefficient (Wildman–Crippen LogP) is 3.04. The molecule has 8 nitrogen and oxygen atoms in total. The molecule has 0 unspecified atom stereocenters. The molecular weight excluding hydrogens is 428 g/mol. The molecule has 1 heterocycles. The molecule has 0 saturated heterocycles. The maximum atomic E-state index is 12.8. The highest BCUT2D eigenvalue weighted by atomic mass is 35.5. The van der Waals surface area contributed by atoms with E-state index < -0.39 is 15.7 Å². The lowest BCUT2D eigenvalue weighted by molar-refractivity contribution is 0.102. The minimum atomic E-state index is -3.42. The number of hydrogen-bond acceptors (Lipinski definition) is 7. The third-order valence-corrected chi connectivity index (χ3v) is 8.18. The van der Waals surface area contributed by atoms with Crippen molar-refractivity contribution in [1.82, 2.24) is 9.97 Å². The lowest BCUT2D eigenvalue weighted by Gasteiger charge is -2.15. The topological polar surface area (TPSA) is 121 Å². The molecular formula is C20H23ClN4O4S. The van der Waals surface area contributed by atoms with Gasteiger partial charge in [-0.05, 0) is 43.9 Å². The molecule has 2 aliphatic rings. The predicted molar refractivity (Wildman–Crippen MR) is 114 cm³/mol. The second kappa shape index (κ2) is 8.13. The van der Waals surface area contributed by atoms with E-state index in [2.05, 4.69) is 20.6 Å². The highest BCUT2D eigenvalue weighted by Crippen LogP contribution is 2.38. The summed E-state index contributed by atoms with van der Waals surface area (Å²) >= 11 is 6.14. The van der Waals surface area contributed by atoms with Crippen LogP contribution in [0.3, 0.4) is 0 Å². The number of halogens is 1. The molecule has 1 aromatic carbocycles. The summed E-state index contributed by atoms with van der Waals surface area (Å²) in [7, 11) is -3.42. The Kier molecular flexibility index (Phi) is 5.69. The van der Waals surface area contributed by atoms with Crippen LogP contribution < -0.4 is 10.6 Å². The van der Waals surface area contributed by atoms with Gasteiger partial charge in [-0.1, -0.05) is 30.5 Å². The summed E-state index contributed by atoms with van der Waals surface area (Å²) in [5.74, 6) is -0.203. The van der Waals surface area contributed by atoms with Crippen LogP contribution >= 0.6 is 11.6 Å². The molecule has 0 radical (unpaired) electrons. The maximum absolute atomic E-state index is 12.8. The monoisotopic (exact) mass is 450 g/mol. The van der Waals surface area contributed by atoms with Gasteiger partial charge < -0.3 is 15.7 Å². The van der Waals surface area contributed by atoms with Crippen molar-refractivity contribution in [2.24, 2.45) is 0 Å². The minimum absolute atomic E-state index is 0.0192. The van der Waals surface area contributed by atoms with Gasteiger partial charge in [0.05, 0.1) is 28.5 Å². The van der Waals surface area contributed by atoms with Gasteiger partial charge in [0.1, 0.15) is 5.82 Å². The average Bonchev–Trinajstić information content (AvgIpc) is 3.26. The molecule has 2 aromatic rings. The van der Waals surface area contributed by atoms with E-state index >= 15 is 0 Å². The number of aliphatic hydroxyl groups excluding tert-OH is 1. The molecule has 0 bridgehead atoms. The summed E-state index contributed by atoms with van der Waals surface area (Å²) in [5.41, 5.74) is -0.107. The molecule has 1 amide bonds. The standard InChI is InChI=1S/C20H23ClN4O4S/c21-18-17(22-11-16(24-18)25-20(12-26)8-9-20)19(27)23-13-4-3-7-15(10-13)30(28,29)14-5-1-2-6-14/h3-4,7,10-11,14,26H,1-2,5-6,8-9,12H2,(H,23,27)(H,24,25). The molecule has 0 atom stereocenters. The van der Waals surface area contributed by atoms with Crippen molar-refractivity contribution in [1.29, 1.82) is 0 Å². The van der Waals surface area contributed by atoms with Crippen LogP contribution in [0, 0.1) is 0 Å². The number of aliphatic hydroxyl groups is 1. The van der Waals surface area contributed by atoms with Gasteiger partial charge in [0.25, 0.3) is 5.91 Å². The fourth-order valence-electron chi connectivity index (χ4n) is 3.66. The Bertz CT molecular complexity index is 1070. The van der Waals surface area contributed by atoms with Crippen LogP contribution in [0.25, 0.3) is 0 Å². The smallest absolute Gasteiger partial charge is 0.277 e. The molecule has 3 N–H and O–H groups in total. The molecule has 0 spiro atoms. The van der Waals surface area contributed by atoms with Crippen LogP contribution in [0.2, 0.25) is 5.15 Å². The fourth-order valence-corrected chi connectivity index (χ4v) is 5.78. The molecule has 2 aliphatic carbocycles. The number of amides is 1. The van der Waals surface area contributed by atoms with Gasteiger partial charge in [0.2, 0.25) is 0 Å². The molecule has 1 aromatic heterocycles. The van der Waals surface area contributed by atoms with Crippen molar-refractivity contribution in [2.45, 2.75) is 54.2 Å². The molecule has 2 saturated carbocycles. The van der Waals surface area contributed by atoms with Crippen LogP contribution in [0.15, 0.2) is 35.4 Å². The van der Waals surface area contributed by atoms with E-state index in [1.54, 1.807) is 18.2 Å². The summed E-state index contributed by atoms with van der Waals surface area (Å²) in [6.07, 6.45) is 6.21. The first-order chi connectivity index (χ1) is 14.3. The zero-order valence-electron chi connectivity index (χ0n) is 16.3. The Morgan fingerprint density at radius 2 is 2.00 bits per heavy atom. The van der Waals surface area contributed by atoms with Crippen molar-refractivity contribution < 1.29 is 18.3 Å². The highest BCUT2D eigenvalue weighted by molar-refractivity contribution is 7.92. The van der Waals surface area contributed by atoms with E-state index in [4.69, 9.17) is 11.6 Å². The average molecular weight is 451 g/mol. The molecule has 4 rings (SSSR count). The van der Waals surface area contributed by atoms with E-state index in [-0.39, 0.29) is 33.1 Å². The zero-order valence-corrected chi connectivity index (χ0v) is 17.8. The van der Waals surface area contributed by atoms with Crippen molar-refractivity contribution >= 4 is 38.9 Å². The van der Waals surface area contributed by atoms with Crippen molar-refractivity contribution in [3.63, 3.8) is 0 Å². The number of rotatable bonds is 7. The van der Waals surface area contributed by atoms with Gasteiger partial charge in [0.15, 0.2) is 20.7 Å². The molecule has 10 heteroatoms. The fraction of sp³-hybridized carbons (Fsp3) is 0.450. The van der Waals surface area contributed by atoms with E-state index in [0.29, 0.717) is 24.3 Å². The lowest BCUT2D eigenvalue weighted by atomic mass is 10.3. The summed E-state index contributed by atoms with van der Waals surface area (Å²) in [6.45, 7) is -0.0192. The van der Waals surface area contributed by atoms with Crippen molar-refractivity contribution in [3.8, 4) is 0 Å². The van der Waals surface area contributed by atoms with Gasteiger partial charge >= 0.3 is 0 Å². The number of nitrogens with zero attached hydrogens (tertiary/aromatic N) is 2. The third-order valence-electron chi connectivity index (χ3n) is 5.66. The Morgan fingerprint density at radius 3 is 2.63 bits per heavy atom. The number of aromatic nitrogens is 2. The Morgan fingerprint density at radius 1 is 1.27 bits per heavy atom. The number of carbonyl (C=O) groups is 1. The number of hydrogen-bond donors (Lipinski definition) is 3. The van der Waals surface area contributed by atoms with Crippen LogP contribution in [0.1, 0.15) is 49.0 Å². The van der Waals surface area contributed by atoms with Gasteiger partial charge in [-0.25, -0.2) is 18.4 Å². The van der Waals surface area contributed by atoms with E-state index in [1.807, 2.05) is 0 Å². The van der Waals surface area contributed by atoms with Gasteiger partial charge in [-0.15, -0.1) is 0 Å². The summed E-state index contributed by atoms with van der Waals surface area (Å²) in [5, 5.41) is 14.7. The summed E-state index contributed by atoms with van der Waals surface area (Å²) in [6, 6.07) is 6.22. The Balaban J connectivity index is 1.49. The summed E-state index contributed by atoms with van der Waals surface area (Å²) < 4.78 is 25.6. The SMILES string of the molecule is O=C(Nc1cccc(S(=O)(=O)C2CCCC2)c1)c1ncc(NC2(CO)CC2)nc1Cl. The van der Waals surface area contributed by atoms with Gasteiger partial charge in [0, 0.05) is 5.69 Å². The molecule has 160 valence electrons. The Labute approximate surface area is 180 Å². The number of benzene rings is 1. The zero-order chi connectivity index (χ0) is 21.4. The minimum Gasteiger partial charge on any atom is -0.394 e. The number of nitrogens with one attached hydrogen (secondary N) is 2. The number of anilines is 2. The van der Waals surface area contributed by atoms with E-state index in [0.717, 1.165) is 25.7 Å². The number of carbonyl (C=O) groups excluding carboxylic acids is 1. The Hall–Kier alpha value is -2.23. The van der Waals surface area contributed by atoms with Crippen LogP contribution in [0.5, 0.6) is 0 Å². The second-order valence-corrected chi connectivity index (χ2v) is 10.5. The largest absolute Gasteiger partial charge is 0.394 e. The van der Waals surface area contributed by atoms with E-state index in [1.165, 1.54) is 12.3 Å². The normalized spacial score (nSPS) is 18.2. The maximum Gasteiger partial charge on any atom is 0.277 e. The first kappa shape index (κ1) is 21.0. The quantitative estimate of drug-likeness (QED) is 0.592. The van der Waals surface area contributed by atoms with Crippen LogP contribution in [-0.4, -0.2) is 46.8 Å². The van der Waals surface area contributed by atoms with E-state index in [9.17, 15) is 18.3 Å². The molecule has 30 heavy (non-hydrogen) atoms. The number of sulfone groups is 1. The third kappa shape index (κ3) is 4.28. The van der Waals surface area contributed by atoms with Crippen molar-refractivity contribution in [2.75, 3.05) is 17.2 Å². The lowest BCUT2D eigenvalue weighted by Crippen LogP contribution is -2.26. The van der Waals surface area contributed by atoms with Crippen LogP contribution in [-0.2, 0) is 9.84 Å². The van der Waals surface area contributed by atoms with Gasteiger partial charge in [-0.2, -0.15) is 0 Å². The molecule has 0 aliphatic heterocycles. The van der Waals surface area contributed by atoms with Gasteiger partial charge in [-0.3, -0.25) is 4.79 Å². The molecule has 2 fully saturated rings. The first-order valence-corrected chi connectivity index (χ1v) is 11.8. The van der Waals surface area contributed by atoms with Crippen molar-refractivity contribution in [3.05, 3.63) is 41.3 Å². The summed E-state index contributed by atoms with van der Waals surface area (Å²) in [4.78, 5) is 21.0. The highest BCUT2D eigenvalue weighted by Gasteiger charge is 2.42. The first-order valence-electron chi connectivity index (χ1n) is 9.90. The second-order valence-electron chi connectivity index (χ2n) is 7.89. The van der Waals surface area contributed by atoms with Crippen LogP contribution in [0.4, 0.5) is 11.5 Å².